The molecule has 0 aliphatic carbocycles. The van der Waals surface area contributed by atoms with Gasteiger partial charge in [-0.2, -0.15) is 0 Å². The maximum Gasteiger partial charge on any atom is 0.191 e. The van der Waals surface area contributed by atoms with Crippen LogP contribution in [0, 0.1) is 0 Å². The fourth-order valence-electron chi connectivity index (χ4n) is 2.90. The maximum absolute atomic E-state index is 11.4. The van der Waals surface area contributed by atoms with Crippen LogP contribution in [0.1, 0.15) is 19.3 Å². The number of rotatable bonds is 9. The molecule has 146 valence electrons. The highest BCUT2D eigenvalue weighted by molar-refractivity contribution is 7.91. The summed E-state index contributed by atoms with van der Waals surface area (Å²) in [5.74, 6) is 1.31. The van der Waals surface area contributed by atoms with Crippen molar-refractivity contribution in [2.45, 2.75) is 25.4 Å². The molecule has 2 aliphatic rings. The van der Waals surface area contributed by atoms with Crippen LogP contribution in [0.5, 0.6) is 0 Å². The van der Waals surface area contributed by atoms with Gasteiger partial charge in [-0.05, 0) is 19.3 Å². The number of nitrogens with zero attached hydrogens (tertiary/aromatic N) is 2. The molecule has 2 heterocycles. The van der Waals surface area contributed by atoms with Crippen molar-refractivity contribution in [3.05, 3.63) is 0 Å². The minimum atomic E-state index is -2.80. The first-order valence-corrected chi connectivity index (χ1v) is 11.0. The Hall–Kier alpha value is -0.900. The zero-order chi connectivity index (χ0) is 18.0. The second-order valence-corrected chi connectivity index (χ2v) is 8.79. The Kier molecular flexibility index (Phi) is 8.94. The maximum atomic E-state index is 11.4. The predicted octanol–water partition coefficient (Wildman–Crippen LogP) is -0.532. The van der Waals surface area contributed by atoms with Crippen molar-refractivity contribution in [3.8, 4) is 0 Å². The van der Waals surface area contributed by atoms with E-state index < -0.39 is 9.84 Å². The average molecular weight is 377 g/mol. The number of hydrogen-bond acceptors (Lipinski definition) is 6. The van der Waals surface area contributed by atoms with E-state index in [1.165, 1.54) is 0 Å². The fourth-order valence-corrected chi connectivity index (χ4v) is 4.18. The summed E-state index contributed by atoms with van der Waals surface area (Å²) in [6, 6.07) is 0. The Morgan fingerprint density at radius 3 is 2.72 bits per heavy atom. The van der Waals surface area contributed by atoms with Crippen LogP contribution in [-0.4, -0.2) is 96.5 Å². The standard InChI is InChI=1S/C16H32N4O4S/c1-17-16(18-5-3-10-23-14-15-4-2-11-24-15)19-6-7-20-8-12-25(21,22)13-9-20/h15H,2-14H2,1H3,(H2,17,18,19). The third-order valence-electron chi connectivity index (χ3n) is 4.47. The van der Waals surface area contributed by atoms with Crippen LogP contribution in [0.4, 0.5) is 0 Å². The number of hydrogen-bond donors (Lipinski definition) is 2. The molecule has 1 unspecified atom stereocenters. The quantitative estimate of drug-likeness (QED) is 0.317. The zero-order valence-corrected chi connectivity index (χ0v) is 16.0. The minimum Gasteiger partial charge on any atom is -0.379 e. The molecular weight excluding hydrogens is 344 g/mol. The van der Waals surface area contributed by atoms with Gasteiger partial charge in [0.1, 0.15) is 0 Å². The van der Waals surface area contributed by atoms with Crippen molar-refractivity contribution in [1.82, 2.24) is 15.5 Å². The average Bonchev–Trinajstić information content (AvgIpc) is 3.11. The number of ether oxygens (including phenoxy) is 2. The molecule has 0 saturated carbocycles. The Balaban J connectivity index is 1.46. The Morgan fingerprint density at radius 2 is 2.04 bits per heavy atom. The third-order valence-corrected chi connectivity index (χ3v) is 6.08. The van der Waals surface area contributed by atoms with Gasteiger partial charge in [0, 0.05) is 53.0 Å². The highest BCUT2D eigenvalue weighted by Gasteiger charge is 2.20. The van der Waals surface area contributed by atoms with E-state index >= 15 is 0 Å². The van der Waals surface area contributed by atoms with Gasteiger partial charge in [-0.3, -0.25) is 9.89 Å². The van der Waals surface area contributed by atoms with Gasteiger partial charge in [-0.25, -0.2) is 8.42 Å². The first kappa shape index (κ1) is 20.4. The van der Waals surface area contributed by atoms with E-state index in [2.05, 4.69) is 20.5 Å². The van der Waals surface area contributed by atoms with E-state index in [9.17, 15) is 8.42 Å². The second-order valence-electron chi connectivity index (χ2n) is 6.48. The molecule has 2 aliphatic heterocycles. The predicted molar refractivity (Wildman–Crippen MR) is 98.9 cm³/mol. The minimum absolute atomic E-state index is 0.270. The summed E-state index contributed by atoms with van der Waals surface area (Å²) in [4.78, 5) is 6.36. The fraction of sp³-hybridized carbons (Fsp3) is 0.938. The topological polar surface area (TPSA) is 92.3 Å². The van der Waals surface area contributed by atoms with E-state index in [1.54, 1.807) is 7.05 Å². The molecular formula is C16H32N4O4S. The van der Waals surface area contributed by atoms with Crippen LogP contribution < -0.4 is 10.6 Å². The second kappa shape index (κ2) is 10.9. The van der Waals surface area contributed by atoms with Gasteiger partial charge in [0.2, 0.25) is 0 Å². The molecule has 2 N–H and O–H groups in total. The Morgan fingerprint density at radius 1 is 1.28 bits per heavy atom. The lowest BCUT2D eigenvalue weighted by Crippen LogP contribution is -2.46. The summed E-state index contributed by atoms with van der Waals surface area (Å²) in [5, 5.41) is 6.52. The summed E-state index contributed by atoms with van der Waals surface area (Å²) >= 11 is 0. The van der Waals surface area contributed by atoms with Crippen molar-refractivity contribution < 1.29 is 17.9 Å². The van der Waals surface area contributed by atoms with Gasteiger partial charge in [-0.1, -0.05) is 0 Å². The van der Waals surface area contributed by atoms with Crippen LogP contribution >= 0.6 is 0 Å². The summed E-state index contributed by atoms with van der Waals surface area (Å²) < 4.78 is 34.0. The van der Waals surface area contributed by atoms with Crippen LogP contribution in [0.3, 0.4) is 0 Å². The van der Waals surface area contributed by atoms with Gasteiger partial charge in [0.15, 0.2) is 15.8 Å². The first-order chi connectivity index (χ1) is 12.1. The largest absolute Gasteiger partial charge is 0.379 e. The molecule has 0 spiro atoms. The summed E-state index contributed by atoms with van der Waals surface area (Å²) in [7, 11) is -1.06. The lowest BCUT2D eigenvalue weighted by molar-refractivity contribution is 0.0168. The van der Waals surface area contributed by atoms with Crippen molar-refractivity contribution in [2.75, 3.05) is 71.1 Å². The lowest BCUT2D eigenvalue weighted by atomic mass is 10.2. The SMILES string of the molecule is CN=C(NCCCOCC1CCCO1)NCCN1CCS(=O)(=O)CC1. The molecule has 0 aromatic heterocycles. The molecule has 2 fully saturated rings. The molecule has 0 amide bonds. The van der Waals surface area contributed by atoms with E-state index in [0.717, 1.165) is 51.5 Å². The number of aliphatic imine (C=N–C) groups is 1. The molecule has 0 aromatic carbocycles. The smallest absolute Gasteiger partial charge is 0.191 e. The highest BCUT2D eigenvalue weighted by atomic mass is 32.2. The number of sulfone groups is 1. The van der Waals surface area contributed by atoms with Crippen molar-refractivity contribution in [1.29, 1.82) is 0 Å². The monoisotopic (exact) mass is 376 g/mol. The van der Waals surface area contributed by atoms with E-state index in [1.807, 2.05) is 0 Å². The van der Waals surface area contributed by atoms with Gasteiger partial charge in [-0.15, -0.1) is 0 Å². The van der Waals surface area contributed by atoms with E-state index in [0.29, 0.717) is 26.3 Å². The number of nitrogens with one attached hydrogen (secondary N) is 2. The van der Waals surface area contributed by atoms with Crippen LogP contribution in [0.2, 0.25) is 0 Å². The number of guanidine groups is 1. The summed E-state index contributed by atoms with van der Waals surface area (Å²) in [5.41, 5.74) is 0. The van der Waals surface area contributed by atoms with Crippen LogP contribution in [0.15, 0.2) is 4.99 Å². The molecule has 8 nitrogen and oxygen atoms in total. The van der Waals surface area contributed by atoms with Gasteiger partial charge in [0.05, 0.1) is 24.2 Å². The van der Waals surface area contributed by atoms with Crippen molar-refractivity contribution in [2.24, 2.45) is 4.99 Å². The zero-order valence-electron chi connectivity index (χ0n) is 15.2. The molecule has 1 atom stereocenters. The van der Waals surface area contributed by atoms with E-state index in [4.69, 9.17) is 9.47 Å². The Labute approximate surface area is 151 Å². The van der Waals surface area contributed by atoms with Gasteiger partial charge >= 0.3 is 0 Å². The molecule has 0 aromatic rings. The molecule has 2 rings (SSSR count). The molecule has 0 radical (unpaired) electrons. The Bertz CT molecular complexity index is 492. The van der Waals surface area contributed by atoms with Gasteiger partial charge < -0.3 is 20.1 Å². The third kappa shape index (κ3) is 8.35. The molecule has 9 heteroatoms. The highest BCUT2D eigenvalue weighted by Crippen LogP contribution is 2.11. The molecule has 25 heavy (non-hydrogen) atoms. The van der Waals surface area contributed by atoms with Crippen molar-refractivity contribution in [3.63, 3.8) is 0 Å². The van der Waals surface area contributed by atoms with Crippen LogP contribution in [0.25, 0.3) is 0 Å². The van der Waals surface area contributed by atoms with Crippen LogP contribution in [-0.2, 0) is 19.3 Å². The normalized spacial score (nSPS) is 24.4. The first-order valence-electron chi connectivity index (χ1n) is 9.16. The molecule has 0 bridgehead atoms. The summed E-state index contributed by atoms with van der Waals surface area (Å²) in [6.07, 6.45) is 3.45. The van der Waals surface area contributed by atoms with E-state index in [-0.39, 0.29) is 17.6 Å². The van der Waals surface area contributed by atoms with Crippen molar-refractivity contribution >= 4 is 15.8 Å². The molecule has 2 saturated heterocycles. The summed E-state index contributed by atoms with van der Waals surface area (Å²) in [6.45, 7) is 5.88. The van der Waals surface area contributed by atoms with Gasteiger partial charge in [0.25, 0.3) is 0 Å². The lowest BCUT2D eigenvalue weighted by Gasteiger charge is -2.26.